The Morgan fingerprint density at radius 3 is 2.18 bits per heavy atom. The van der Waals surface area contributed by atoms with Crippen LogP contribution >= 0.6 is 0 Å². The van der Waals surface area contributed by atoms with Crippen LogP contribution in [0, 0.1) is 11.8 Å². The number of hydrogen-bond donors (Lipinski definition) is 2. The molecule has 7 nitrogen and oxygen atoms in total. The van der Waals surface area contributed by atoms with Gasteiger partial charge < -0.3 is 20.1 Å². The smallest absolute Gasteiger partial charge is 0.407 e. The summed E-state index contributed by atoms with van der Waals surface area (Å²) in [5.74, 6) is -1.11. The van der Waals surface area contributed by atoms with Crippen molar-refractivity contribution >= 4 is 18.0 Å². The van der Waals surface area contributed by atoms with Crippen LogP contribution in [0.25, 0.3) is 11.1 Å². The predicted molar refractivity (Wildman–Crippen MR) is 122 cm³/mol. The predicted octanol–water partition coefficient (Wildman–Crippen LogP) is 3.63. The molecule has 2 aromatic rings. The van der Waals surface area contributed by atoms with Crippen molar-refractivity contribution in [1.82, 2.24) is 10.2 Å². The fraction of sp³-hybridized carbons (Fsp3) is 0.423. The van der Waals surface area contributed by atoms with Crippen molar-refractivity contribution in [2.75, 3.05) is 19.7 Å². The molecule has 0 radical (unpaired) electrons. The maximum absolute atomic E-state index is 12.9. The number of nitrogens with zero attached hydrogens (tertiary/aromatic N) is 1. The highest BCUT2D eigenvalue weighted by molar-refractivity contribution is 5.87. The second-order valence-electron chi connectivity index (χ2n) is 9.26. The highest BCUT2D eigenvalue weighted by Gasteiger charge is 2.41. The summed E-state index contributed by atoms with van der Waals surface area (Å²) in [5, 5.41) is 12.0. The standard InChI is InChI=1S/C26H28N2O5/c29-24(28-12-11-23(28)25(30)31)17(13-16-9-10-16)14-27-26(32)33-15-22-20-7-3-1-5-18(20)19-6-2-4-8-21(19)22/h1-8,16-17,22-23H,9-15H2,(H,27,32)(H,30,31). The molecule has 5 rings (SSSR count). The molecule has 1 saturated heterocycles. The van der Waals surface area contributed by atoms with E-state index in [4.69, 9.17) is 4.74 Å². The monoisotopic (exact) mass is 448 g/mol. The molecule has 33 heavy (non-hydrogen) atoms. The molecule has 2 N–H and O–H groups in total. The third-order valence-corrected chi connectivity index (χ3v) is 7.09. The van der Waals surface area contributed by atoms with Crippen molar-refractivity contribution in [3.05, 3.63) is 59.7 Å². The first kappa shape index (κ1) is 21.5. The van der Waals surface area contributed by atoms with E-state index in [-0.39, 0.29) is 25.0 Å². The van der Waals surface area contributed by atoms with Gasteiger partial charge in [-0.2, -0.15) is 0 Å². The number of carboxylic acids is 1. The average molecular weight is 449 g/mol. The number of aliphatic carboxylic acids is 1. The van der Waals surface area contributed by atoms with Gasteiger partial charge in [0.2, 0.25) is 5.91 Å². The number of nitrogens with one attached hydrogen (secondary N) is 1. The van der Waals surface area contributed by atoms with Crippen LogP contribution in [0.4, 0.5) is 4.79 Å². The summed E-state index contributed by atoms with van der Waals surface area (Å²) in [5.41, 5.74) is 4.62. The number of amides is 2. The molecule has 0 bridgehead atoms. The minimum Gasteiger partial charge on any atom is -0.480 e. The molecule has 7 heteroatoms. The van der Waals surface area contributed by atoms with Crippen LogP contribution in [0.15, 0.2) is 48.5 Å². The van der Waals surface area contributed by atoms with Gasteiger partial charge in [-0.05, 0) is 41.0 Å². The summed E-state index contributed by atoms with van der Waals surface area (Å²) >= 11 is 0. The summed E-state index contributed by atoms with van der Waals surface area (Å²) in [6.07, 6.45) is 2.76. The van der Waals surface area contributed by atoms with Gasteiger partial charge in [-0.25, -0.2) is 9.59 Å². The van der Waals surface area contributed by atoms with E-state index in [1.165, 1.54) is 16.0 Å². The number of benzene rings is 2. The summed E-state index contributed by atoms with van der Waals surface area (Å²) in [7, 11) is 0. The lowest BCUT2D eigenvalue weighted by Crippen LogP contribution is -2.57. The third kappa shape index (κ3) is 4.32. The Hall–Kier alpha value is -3.35. The van der Waals surface area contributed by atoms with E-state index >= 15 is 0 Å². The molecule has 0 aromatic heterocycles. The van der Waals surface area contributed by atoms with Crippen LogP contribution in [-0.2, 0) is 14.3 Å². The fourth-order valence-electron chi connectivity index (χ4n) is 5.03. The number of ether oxygens (including phenoxy) is 1. The lowest BCUT2D eigenvalue weighted by atomic mass is 9.95. The maximum atomic E-state index is 12.9. The number of carbonyl (C=O) groups is 3. The van der Waals surface area contributed by atoms with E-state index in [9.17, 15) is 19.5 Å². The molecule has 2 amide bonds. The number of carboxylic acid groups (broad SMARTS) is 1. The molecule has 2 fully saturated rings. The van der Waals surface area contributed by atoms with Crippen molar-refractivity contribution in [2.45, 2.75) is 37.6 Å². The second kappa shape index (κ2) is 8.89. The first-order valence-electron chi connectivity index (χ1n) is 11.6. The Morgan fingerprint density at radius 2 is 1.64 bits per heavy atom. The van der Waals surface area contributed by atoms with Crippen molar-refractivity contribution in [1.29, 1.82) is 0 Å². The minimum atomic E-state index is -0.968. The highest BCUT2D eigenvalue weighted by Crippen LogP contribution is 2.44. The minimum absolute atomic E-state index is 0.0237. The van der Waals surface area contributed by atoms with Crippen molar-refractivity contribution in [3.8, 4) is 11.1 Å². The van der Waals surface area contributed by atoms with Crippen molar-refractivity contribution in [3.63, 3.8) is 0 Å². The van der Waals surface area contributed by atoms with Gasteiger partial charge in [-0.1, -0.05) is 61.4 Å². The summed E-state index contributed by atoms with van der Waals surface area (Å²) in [6.45, 7) is 0.838. The van der Waals surface area contributed by atoms with Gasteiger partial charge in [0.1, 0.15) is 12.6 Å². The first-order valence-corrected chi connectivity index (χ1v) is 11.6. The largest absolute Gasteiger partial charge is 0.480 e. The molecule has 1 heterocycles. The Morgan fingerprint density at radius 1 is 1.00 bits per heavy atom. The lowest BCUT2D eigenvalue weighted by Gasteiger charge is -2.40. The van der Waals surface area contributed by atoms with E-state index in [0.717, 1.165) is 24.0 Å². The van der Waals surface area contributed by atoms with Crippen LogP contribution in [0.3, 0.4) is 0 Å². The van der Waals surface area contributed by atoms with Gasteiger partial charge in [0.25, 0.3) is 0 Å². The van der Waals surface area contributed by atoms with Crippen LogP contribution in [-0.4, -0.2) is 53.7 Å². The topological polar surface area (TPSA) is 95.9 Å². The second-order valence-corrected chi connectivity index (χ2v) is 9.26. The number of alkyl carbamates (subject to hydrolysis) is 1. The van der Waals surface area contributed by atoms with Gasteiger partial charge in [-0.3, -0.25) is 4.79 Å². The van der Waals surface area contributed by atoms with Crippen molar-refractivity contribution < 1.29 is 24.2 Å². The van der Waals surface area contributed by atoms with Crippen LogP contribution in [0.5, 0.6) is 0 Å². The molecule has 1 aliphatic heterocycles. The molecule has 172 valence electrons. The number of fused-ring (bicyclic) bond motifs is 3. The number of carbonyl (C=O) groups excluding carboxylic acids is 2. The van der Waals surface area contributed by atoms with Gasteiger partial charge in [0.05, 0.1) is 5.92 Å². The average Bonchev–Trinajstić information content (AvgIpc) is 3.54. The van der Waals surface area contributed by atoms with E-state index in [0.29, 0.717) is 25.3 Å². The highest BCUT2D eigenvalue weighted by atomic mass is 16.5. The SMILES string of the molecule is O=C(NCC(CC1CC1)C(=O)N1CCC1C(=O)O)OCC1c2ccccc2-c2ccccc21. The molecule has 2 atom stereocenters. The van der Waals surface area contributed by atoms with Gasteiger partial charge in [0, 0.05) is 19.0 Å². The van der Waals surface area contributed by atoms with Crippen LogP contribution < -0.4 is 5.32 Å². The summed E-state index contributed by atoms with van der Waals surface area (Å²) < 4.78 is 5.58. The Labute approximate surface area is 192 Å². The fourth-order valence-corrected chi connectivity index (χ4v) is 5.03. The van der Waals surface area contributed by atoms with E-state index < -0.39 is 24.0 Å². The van der Waals surface area contributed by atoms with Crippen molar-refractivity contribution in [2.24, 2.45) is 11.8 Å². The molecule has 2 aromatic carbocycles. The molecular weight excluding hydrogens is 420 g/mol. The Kier molecular flexibility index (Phi) is 5.79. The maximum Gasteiger partial charge on any atom is 0.407 e. The number of likely N-dealkylation sites (tertiary alicyclic amines) is 1. The normalized spacial score (nSPS) is 19.8. The zero-order chi connectivity index (χ0) is 22.9. The van der Waals surface area contributed by atoms with E-state index in [1.54, 1.807) is 0 Å². The van der Waals surface area contributed by atoms with Crippen LogP contribution in [0.1, 0.15) is 42.7 Å². The lowest BCUT2D eigenvalue weighted by molar-refractivity contribution is -0.159. The summed E-state index contributed by atoms with van der Waals surface area (Å²) in [6, 6.07) is 15.6. The van der Waals surface area contributed by atoms with E-state index in [2.05, 4.69) is 29.6 Å². The summed E-state index contributed by atoms with van der Waals surface area (Å²) in [4.78, 5) is 38.2. The van der Waals surface area contributed by atoms with Gasteiger partial charge in [0.15, 0.2) is 0 Å². The molecule has 2 aliphatic carbocycles. The third-order valence-electron chi connectivity index (χ3n) is 7.09. The van der Waals surface area contributed by atoms with Gasteiger partial charge >= 0.3 is 12.1 Å². The molecular formula is C26H28N2O5. The Balaban J connectivity index is 1.19. The molecule has 1 saturated carbocycles. The molecule has 3 aliphatic rings. The zero-order valence-corrected chi connectivity index (χ0v) is 18.4. The van der Waals surface area contributed by atoms with Crippen LogP contribution in [0.2, 0.25) is 0 Å². The molecule has 0 spiro atoms. The quantitative estimate of drug-likeness (QED) is 0.643. The number of rotatable bonds is 8. The van der Waals surface area contributed by atoms with Gasteiger partial charge in [-0.15, -0.1) is 0 Å². The first-order chi connectivity index (χ1) is 16.0. The number of hydrogen-bond acceptors (Lipinski definition) is 4. The zero-order valence-electron chi connectivity index (χ0n) is 18.4. The van der Waals surface area contributed by atoms with E-state index in [1.807, 2.05) is 24.3 Å². The Bertz CT molecular complexity index is 1030. The molecule has 2 unspecified atom stereocenters.